The molecule has 1 aromatic carbocycles. The maximum atomic E-state index is 12.3. The van der Waals surface area contributed by atoms with Gasteiger partial charge in [-0.05, 0) is 45.4 Å². The summed E-state index contributed by atoms with van der Waals surface area (Å²) in [5.74, 6) is 1.47. The number of carbonyl (C=O) groups excluding carboxylic acids is 1. The fourth-order valence-corrected chi connectivity index (χ4v) is 2.45. The molecule has 2 N–H and O–H groups in total. The summed E-state index contributed by atoms with van der Waals surface area (Å²) < 4.78 is 11.1. The van der Waals surface area contributed by atoms with E-state index in [4.69, 9.17) is 9.47 Å². The maximum absolute atomic E-state index is 12.3. The summed E-state index contributed by atoms with van der Waals surface area (Å²) in [7, 11) is 0. The average molecular weight is 292 g/mol. The van der Waals surface area contributed by atoms with Gasteiger partial charge in [0.15, 0.2) is 0 Å². The first-order chi connectivity index (χ1) is 10.2. The lowest BCUT2D eigenvalue weighted by Crippen LogP contribution is -2.37. The molecule has 1 saturated heterocycles. The summed E-state index contributed by atoms with van der Waals surface area (Å²) in [4.78, 5) is 12.3. The van der Waals surface area contributed by atoms with E-state index in [2.05, 4.69) is 10.6 Å². The molecule has 1 aromatic rings. The number of piperidine rings is 1. The van der Waals surface area contributed by atoms with E-state index in [-0.39, 0.29) is 11.8 Å². The Morgan fingerprint density at radius 1 is 1.33 bits per heavy atom. The van der Waals surface area contributed by atoms with Gasteiger partial charge in [-0.2, -0.15) is 0 Å². The largest absolute Gasteiger partial charge is 0.494 e. The van der Waals surface area contributed by atoms with Crippen molar-refractivity contribution >= 4 is 11.6 Å². The molecule has 5 nitrogen and oxygen atoms in total. The molecule has 0 spiro atoms. The van der Waals surface area contributed by atoms with E-state index < -0.39 is 0 Å². The molecule has 0 bridgehead atoms. The Morgan fingerprint density at radius 2 is 2.14 bits per heavy atom. The summed E-state index contributed by atoms with van der Waals surface area (Å²) in [5.41, 5.74) is 0.679. The van der Waals surface area contributed by atoms with Crippen LogP contribution in [-0.4, -0.2) is 32.2 Å². The average Bonchev–Trinajstić information content (AvgIpc) is 2.51. The fourth-order valence-electron chi connectivity index (χ4n) is 2.45. The number of nitrogens with one attached hydrogen (secondary N) is 2. The molecule has 5 heteroatoms. The highest BCUT2D eigenvalue weighted by Crippen LogP contribution is 2.30. The topological polar surface area (TPSA) is 59.6 Å². The lowest BCUT2D eigenvalue weighted by molar-refractivity contribution is -0.120. The van der Waals surface area contributed by atoms with E-state index in [0.717, 1.165) is 31.7 Å². The van der Waals surface area contributed by atoms with Crippen LogP contribution in [0.25, 0.3) is 0 Å². The normalized spacial score (nSPS) is 18.1. The number of anilines is 1. The van der Waals surface area contributed by atoms with Crippen molar-refractivity contribution in [3.05, 3.63) is 18.2 Å². The smallest absolute Gasteiger partial charge is 0.228 e. The van der Waals surface area contributed by atoms with Crippen molar-refractivity contribution in [1.29, 1.82) is 0 Å². The van der Waals surface area contributed by atoms with E-state index in [0.29, 0.717) is 24.7 Å². The van der Waals surface area contributed by atoms with Gasteiger partial charge < -0.3 is 20.1 Å². The second kappa shape index (κ2) is 7.88. The van der Waals surface area contributed by atoms with Crippen molar-refractivity contribution in [1.82, 2.24) is 5.32 Å². The Hall–Kier alpha value is -1.75. The van der Waals surface area contributed by atoms with Gasteiger partial charge in [-0.25, -0.2) is 0 Å². The second-order valence-corrected chi connectivity index (χ2v) is 5.06. The highest BCUT2D eigenvalue weighted by atomic mass is 16.5. The third-order valence-electron chi connectivity index (χ3n) is 3.49. The Bertz CT molecular complexity index is 471. The number of amides is 1. The Kier molecular flexibility index (Phi) is 5.87. The molecule has 0 radical (unpaired) electrons. The Labute approximate surface area is 126 Å². The number of ether oxygens (including phenoxy) is 2. The SMILES string of the molecule is CCOc1ccc(OCC)c(NC(=O)C2CCCNC2)c1. The van der Waals surface area contributed by atoms with Gasteiger partial charge in [-0.1, -0.05) is 0 Å². The van der Waals surface area contributed by atoms with Crippen LogP contribution in [0.4, 0.5) is 5.69 Å². The predicted molar refractivity (Wildman–Crippen MR) is 83.0 cm³/mol. The zero-order valence-electron chi connectivity index (χ0n) is 12.8. The molecule has 0 saturated carbocycles. The Balaban J connectivity index is 2.11. The van der Waals surface area contributed by atoms with Crippen LogP contribution < -0.4 is 20.1 Å². The van der Waals surface area contributed by atoms with Gasteiger partial charge >= 0.3 is 0 Å². The van der Waals surface area contributed by atoms with Crippen molar-refractivity contribution in [2.24, 2.45) is 5.92 Å². The van der Waals surface area contributed by atoms with Crippen molar-refractivity contribution in [3.8, 4) is 11.5 Å². The fraction of sp³-hybridized carbons (Fsp3) is 0.562. The van der Waals surface area contributed by atoms with Gasteiger partial charge in [-0.15, -0.1) is 0 Å². The third kappa shape index (κ3) is 4.36. The molecule has 1 heterocycles. The minimum atomic E-state index is 0.0176. The van der Waals surface area contributed by atoms with Gasteiger partial charge in [0.1, 0.15) is 11.5 Å². The molecule has 1 atom stereocenters. The van der Waals surface area contributed by atoms with E-state index in [1.54, 1.807) is 0 Å². The van der Waals surface area contributed by atoms with Crippen LogP contribution in [0.3, 0.4) is 0 Å². The van der Waals surface area contributed by atoms with E-state index in [1.165, 1.54) is 0 Å². The third-order valence-corrected chi connectivity index (χ3v) is 3.49. The molecule has 2 rings (SSSR count). The monoisotopic (exact) mass is 292 g/mol. The zero-order chi connectivity index (χ0) is 15.1. The summed E-state index contributed by atoms with van der Waals surface area (Å²) in [6.07, 6.45) is 1.96. The summed E-state index contributed by atoms with van der Waals surface area (Å²) >= 11 is 0. The highest BCUT2D eigenvalue weighted by Gasteiger charge is 2.22. The summed E-state index contributed by atoms with van der Waals surface area (Å²) in [6.45, 7) is 6.74. The Morgan fingerprint density at radius 3 is 2.81 bits per heavy atom. The molecule has 0 aromatic heterocycles. The number of carbonyl (C=O) groups is 1. The molecule has 1 aliphatic rings. The van der Waals surface area contributed by atoms with Crippen LogP contribution in [0.15, 0.2) is 18.2 Å². The van der Waals surface area contributed by atoms with E-state index >= 15 is 0 Å². The quantitative estimate of drug-likeness (QED) is 0.845. The van der Waals surface area contributed by atoms with Gasteiger partial charge in [-0.3, -0.25) is 4.79 Å². The number of hydrogen-bond donors (Lipinski definition) is 2. The lowest BCUT2D eigenvalue weighted by atomic mass is 9.99. The van der Waals surface area contributed by atoms with E-state index in [9.17, 15) is 4.79 Å². The molecule has 1 aliphatic heterocycles. The van der Waals surface area contributed by atoms with Crippen LogP contribution in [0.1, 0.15) is 26.7 Å². The van der Waals surface area contributed by atoms with Crippen molar-refractivity contribution in [2.45, 2.75) is 26.7 Å². The first-order valence-corrected chi connectivity index (χ1v) is 7.65. The molecular formula is C16H24N2O3. The van der Waals surface area contributed by atoms with Crippen LogP contribution >= 0.6 is 0 Å². The predicted octanol–water partition coefficient (Wildman–Crippen LogP) is 2.42. The van der Waals surface area contributed by atoms with E-state index in [1.807, 2.05) is 32.0 Å². The second-order valence-electron chi connectivity index (χ2n) is 5.06. The zero-order valence-corrected chi connectivity index (χ0v) is 12.8. The van der Waals surface area contributed by atoms with Crippen molar-refractivity contribution < 1.29 is 14.3 Å². The standard InChI is InChI=1S/C16H24N2O3/c1-3-20-13-7-8-15(21-4-2)14(10-13)18-16(19)12-6-5-9-17-11-12/h7-8,10,12,17H,3-6,9,11H2,1-2H3,(H,18,19). The summed E-state index contributed by atoms with van der Waals surface area (Å²) in [6, 6.07) is 5.51. The van der Waals surface area contributed by atoms with Crippen LogP contribution in [0.2, 0.25) is 0 Å². The molecule has 1 amide bonds. The molecule has 1 fully saturated rings. The van der Waals surface area contributed by atoms with Crippen molar-refractivity contribution in [2.75, 3.05) is 31.6 Å². The number of hydrogen-bond acceptors (Lipinski definition) is 4. The van der Waals surface area contributed by atoms with Crippen LogP contribution in [-0.2, 0) is 4.79 Å². The highest BCUT2D eigenvalue weighted by molar-refractivity contribution is 5.94. The molecule has 21 heavy (non-hydrogen) atoms. The first kappa shape index (κ1) is 15.6. The van der Waals surface area contributed by atoms with Crippen molar-refractivity contribution in [3.63, 3.8) is 0 Å². The van der Waals surface area contributed by atoms with Gasteiger partial charge in [0.05, 0.1) is 24.8 Å². The molecular weight excluding hydrogens is 268 g/mol. The number of rotatable bonds is 6. The minimum absolute atomic E-state index is 0.0176. The van der Waals surface area contributed by atoms with Gasteiger partial charge in [0, 0.05) is 12.6 Å². The molecule has 116 valence electrons. The maximum Gasteiger partial charge on any atom is 0.228 e. The van der Waals surface area contributed by atoms with Crippen LogP contribution in [0, 0.1) is 5.92 Å². The summed E-state index contributed by atoms with van der Waals surface area (Å²) in [5, 5.41) is 6.24. The van der Waals surface area contributed by atoms with Gasteiger partial charge in [0.2, 0.25) is 5.91 Å². The van der Waals surface area contributed by atoms with Crippen LogP contribution in [0.5, 0.6) is 11.5 Å². The number of benzene rings is 1. The molecule has 0 aliphatic carbocycles. The minimum Gasteiger partial charge on any atom is -0.494 e. The first-order valence-electron chi connectivity index (χ1n) is 7.65. The van der Waals surface area contributed by atoms with Gasteiger partial charge in [0.25, 0.3) is 0 Å². The molecule has 1 unspecified atom stereocenters. The lowest BCUT2D eigenvalue weighted by Gasteiger charge is -2.22.